The standard InChI is InChI=1S/C17H18N4O2S/c1-3-18-16-17(20-15-7-5-4-6-14(15)19-16)21-24(22,23)13-10-8-12(2)9-11-13/h4-11H,3H2,1-2H3,(H,18,19)(H,20,21). The van der Waals surface area contributed by atoms with Crippen LogP contribution in [0.1, 0.15) is 12.5 Å². The lowest BCUT2D eigenvalue weighted by molar-refractivity contribution is 0.601. The number of fused-ring (bicyclic) bond motifs is 1. The summed E-state index contributed by atoms with van der Waals surface area (Å²) in [5.74, 6) is 0.600. The van der Waals surface area contributed by atoms with Gasteiger partial charge in [-0.05, 0) is 38.1 Å². The van der Waals surface area contributed by atoms with Crippen LogP contribution >= 0.6 is 0 Å². The smallest absolute Gasteiger partial charge is 0.263 e. The summed E-state index contributed by atoms with van der Waals surface area (Å²) in [6, 6.07) is 14.0. The number of aromatic nitrogens is 2. The van der Waals surface area contributed by atoms with Gasteiger partial charge in [0, 0.05) is 6.54 Å². The van der Waals surface area contributed by atoms with Crippen molar-refractivity contribution in [1.29, 1.82) is 0 Å². The lowest BCUT2D eigenvalue weighted by atomic mass is 10.2. The van der Waals surface area contributed by atoms with Gasteiger partial charge in [0.1, 0.15) is 0 Å². The van der Waals surface area contributed by atoms with Crippen molar-refractivity contribution in [2.24, 2.45) is 0 Å². The van der Waals surface area contributed by atoms with Crippen LogP contribution in [-0.4, -0.2) is 24.9 Å². The first-order valence-corrected chi connectivity index (χ1v) is 9.08. The van der Waals surface area contributed by atoms with Crippen molar-refractivity contribution < 1.29 is 8.42 Å². The predicted octanol–water partition coefficient (Wildman–Crippen LogP) is 3.17. The summed E-state index contributed by atoms with van der Waals surface area (Å²) in [4.78, 5) is 9.05. The molecule has 0 aliphatic carbocycles. The molecule has 1 aromatic heterocycles. The highest BCUT2D eigenvalue weighted by atomic mass is 32.2. The van der Waals surface area contributed by atoms with Crippen molar-refractivity contribution in [3.63, 3.8) is 0 Å². The second-order valence-corrected chi connectivity index (χ2v) is 7.04. The topological polar surface area (TPSA) is 84.0 Å². The van der Waals surface area contributed by atoms with Crippen LogP contribution in [0.3, 0.4) is 0 Å². The number of nitrogens with zero attached hydrogens (tertiary/aromatic N) is 2. The minimum atomic E-state index is -3.73. The lowest BCUT2D eigenvalue weighted by Crippen LogP contribution is -2.16. The van der Waals surface area contributed by atoms with Crippen molar-refractivity contribution >= 4 is 32.7 Å². The molecule has 0 amide bonds. The first-order valence-electron chi connectivity index (χ1n) is 7.60. The molecule has 124 valence electrons. The van der Waals surface area contributed by atoms with Crippen LogP contribution in [0.2, 0.25) is 0 Å². The van der Waals surface area contributed by atoms with Gasteiger partial charge < -0.3 is 5.32 Å². The van der Waals surface area contributed by atoms with E-state index in [2.05, 4.69) is 20.0 Å². The fraction of sp³-hybridized carbons (Fsp3) is 0.176. The molecule has 0 atom stereocenters. The number of hydrogen-bond acceptors (Lipinski definition) is 5. The average molecular weight is 342 g/mol. The zero-order valence-electron chi connectivity index (χ0n) is 13.4. The van der Waals surface area contributed by atoms with Crippen LogP contribution in [0.4, 0.5) is 11.6 Å². The van der Waals surface area contributed by atoms with E-state index in [9.17, 15) is 8.42 Å². The molecule has 0 aliphatic rings. The summed E-state index contributed by atoms with van der Waals surface area (Å²) < 4.78 is 27.7. The molecule has 0 saturated carbocycles. The molecule has 6 nitrogen and oxygen atoms in total. The van der Waals surface area contributed by atoms with E-state index < -0.39 is 10.0 Å². The van der Waals surface area contributed by atoms with Gasteiger partial charge in [-0.25, -0.2) is 18.4 Å². The van der Waals surface area contributed by atoms with Gasteiger partial charge in [-0.3, -0.25) is 4.72 Å². The Labute approximate surface area is 141 Å². The molecule has 2 aromatic carbocycles. The molecule has 3 rings (SSSR count). The molecule has 0 fully saturated rings. The zero-order valence-corrected chi connectivity index (χ0v) is 14.3. The number of hydrogen-bond donors (Lipinski definition) is 2. The van der Waals surface area contributed by atoms with E-state index in [1.54, 1.807) is 30.3 Å². The van der Waals surface area contributed by atoms with Gasteiger partial charge in [-0.15, -0.1) is 0 Å². The first-order chi connectivity index (χ1) is 11.5. The molecule has 1 heterocycles. The Bertz CT molecular complexity index is 970. The van der Waals surface area contributed by atoms with Crippen molar-refractivity contribution in [3.8, 4) is 0 Å². The highest BCUT2D eigenvalue weighted by Gasteiger charge is 2.18. The van der Waals surface area contributed by atoms with Gasteiger partial charge in [0.05, 0.1) is 15.9 Å². The number of aryl methyl sites for hydroxylation is 1. The largest absolute Gasteiger partial charge is 0.367 e. The fourth-order valence-electron chi connectivity index (χ4n) is 2.27. The van der Waals surface area contributed by atoms with Gasteiger partial charge in [-0.2, -0.15) is 0 Å². The Morgan fingerprint density at radius 3 is 2.08 bits per heavy atom. The maximum Gasteiger partial charge on any atom is 0.263 e. The van der Waals surface area contributed by atoms with Gasteiger partial charge in [-0.1, -0.05) is 29.8 Å². The number of rotatable bonds is 5. The summed E-state index contributed by atoms with van der Waals surface area (Å²) in [6.45, 7) is 4.42. The second-order valence-electron chi connectivity index (χ2n) is 5.36. The summed E-state index contributed by atoms with van der Waals surface area (Å²) >= 11 is 0. The van der Waals surface area contributed by atoms with Gasteiger partial charge in [0.2, 0.25) is 0 Å². The highest BCUT2D eigenvalue weighted by Crippen LogP contribution is 2.24. The SMILES string of the molecule is CCNc1nc2ccccc2nc1NS(=O)(=O)c1ccc(C)cc1. The summed E-state index contributed by atoms with van der Waals surface area (Å²) in [5, 5.41) is 3.05. The molecule has 24 heavy (non-hydrogen) atoms. The van der Waals surface area contributed by atoms with Gasteiger partial charge in [0.25, 0.3) is 10.0 Å². The predicted molar refractivity (Wildman–Crippen MR) is 95.7 cm³/mol. The molecule has 7 heteroatoms. The van der Waals surface area contributed by atoms with E-state index in [4.69, 9.17) is 0 Å². The Morgan fingerprint density at radius 2 is 1.50 bits per heavy atom. The van der Waals surface area contributed by atoms with Crippen LogP contribution in [0.5, 0.6) is 0 Å². The van der Waals surface area contributed by atoms with Crippen LogP contribution in [0.15, 0.2) is 53.4 Å². The minimum absolute atomic E-state index is 0.186. The van der Waals surface area contributed by atoms with E-state index in [1.165, 1.54) is 0 Å². The quantitative estimate of drug-likeness (QED) is 0.744. The van der Waals surface area contributed by atoms with E-state index in [0.29, 0.717) is 23.4 Å². The monoisotopic (exact) mass is 342 g/mol. The van der Waals surface area contributed by atoms with Crippen molar-refractivity contribution in [2.45, 2.75) is 18.7 Å². The van der Waals surface area contributed by atoms with Crippen LogP contribution in [0, 0.1) is 6.92 Å². The average Bonchev–Trinajstić information content (AvgIpc) is 2.56. The molecule has 0 unspecified atom stereocenters. The zero-order chi connectivity index (χ0) is 17.2. The lowest BCUT2D eigenvalue weighted by Gasteiger charge is -2.13. The van der Waals surface area contributed by atoms with Gasteiger partial charge in [0.15, 0.2) is 11.6 Å². The third-order valence-corrected chi connectivity index (χ3v) is 4.83. The molecule has 0 radical (unpaired) electrons. The molecular weight excluding hydrogens is 324 g/mol. The molecule has 0 bridgehead atoms. The van der Waals surface area contributed by atoms with Crippen molar-refractivity contribution in [2.75, 3.05) is 16.6 Å². The van der Waals surface area contributed by atoms with Crippen molar-refractivity contribution in [1.82, 2.24) is 9.97 Å². The summed E-state index contributed by atoms with van der Waals surface area (Å²) in [5.41, 5.74) is 2.32. The van der Waals surface area contributed by atoms with E-state index in [-0.39, 0.29) is 10.7 Å². The number of anilines is 2. The maximum absolute atomic E-state index is 12.6. The second kappa shape index (κ2) is 6.45. The van der Waals surface area contributed by atoms with Gasteiger partial charge >= 0.3 is 0 Å². The summed E-state index contributed by atoms with van der Waals surface area (Å²) in [6.07, 6.45) is 0. The molecule has 0 aliphatic heterocycles. The van der Waals surface area contributed by atoms with E-state index in [1.807, 2.05) is 32.0 Å². The Morgan fingerprint density at radius 1 is 0.917 bits per heavy atom. The molecule has 2 N–H and O–H groups in total. The summed E-state index contributed by atoms with van der Waals surface area (Å²) in [7, 11) is -3.73. The normalized spacial score (nSPS) is 11.4. The minimum Gasteiger partial charge on any atom is -0.367 e. The van der Waals surface area contributed by atoms with Crippen LogP contribution in [-0.2, 0) is 10.0 Å². The maximum atomic E-state index is 12.6. The molecule has 0 saturated heterocycles. The fourth-order valence-corrected chi connectivity index (χ4v) is 3.27. The number of benzene rings is 2. The van der Waals surface area contributed by atoms with Crippen molar-refractivity contribution in [3.05, 3.63) is 54.1 Å². The molecular formula is C17H18N4O2S. The Kier molecular flexibility index (Phi) is 4.35. The number of nitrogens with one attached hydrogen (secondary N) is 2. The first kappa shape index (κ1) is 16.2. The number of sulfonamides is 1. The highest BCUT2D eigenvalue weighted by molar-refractivity contribution is 7.92. The van der Waals surface area contributed by atoms with E-state index >= 15 is 0 Å². The Hall–Kier alpha value is -2.67. The van der Waals surface area contributed by atoms with Crippen LogP contribution < -0.4 is 10.0 Å². The third kappa shape index (κ3) is 3.30. The Balaban J connectivity index is 2.04. The number of para-hydroxylation sites is 2. The van der Waals surface area contributed by atoms with Crippen LogP contribution in [0.25, 0.3) is 11.0 Å². The third-order valence-electron chi connectivity index (χ3n) is 3.48. The van der Waals surface area contributed by atoms with E-state index in [0.717, 1.165) is 5.56 Å². The molecule has 3 aromatic rings. The molecule has 0 spiro atoms.